The van der Waals surface area contributed by atoms with E-state index in [2.05, 4.69) is 0 Å². The summed E-state index contributed by atoms with van der Waals surface area (Å²) in [6.45, 7) is 1.31. The maximum Gasteiger partial charge on any atom is 0.198 e. The number of benzene rings is 2. The Hall–Kier alpha value is -2.86. The molecule has 1 heterocycles. The fraction of sp³-hybridized carbons (Fsp3) is 0.440. The van der Waals surface area contributed by atoms with E-state index in [1.54, 1.807) is 12.1 Å². The van der Waals surface area contributed by atoms with Crippen LogP contribution in [0.4, 0.5) is 0 Å². The van der Waals surface area contributed by atoms with Crippen molar-refractivity contribution in [2.45, 2.75) is 62.4 Å². The monoisotopic (exact) mass is 485 g/mol. The Morgan fingerprint density at radius 3 is 2.23 bits per heavy atom. The minimum absolute atomic E-state index is 0.0132. The molecule has 5 rings (SSSR count). The Bertz CT molecular complexity index is 1230. The van der Waals surface area contributed by atoms with Crippen LogP contribution in [0.25, 0.3) is 0 Å². The lowest BCUT2D eigenvalue weighted by atomic mass is 9.70. The second-order valence-corrected chi connectivity index (χ2v) is 9.59. The molecule has 35 heavy (non-hydrogen) atoms. The van der Waals surface area contributed by atoms with Crippen LogP contribution in [0, 0.1) is 0 Å². The largest absolute Gasteiger partial charge is 0.507 e. The topological polar surface area (TPSA) is 180 Å². The number of rotatable bonds is 3. The lowest BCUT2D eigenvalue weighted by Crippen LogP contribution is -2.55. The Kier molecular flexibility index (Phi) is 5.71. The molecule has 3 aliphatic rings. The molecule has 0 saturated carbocycles. The number of fused-ring (bicyclic) bond motifs is 3. The maximum atomic E-state index is 13.3. The summed E-state index contributed by atoms with van der Waals surface area (Å²) in [7, 11) is 0. The van der Waals surface area contributed by atoms with Crippen molar-refractivity contribution in [2.75, 3.05) is 6.61 Å². The number of carbonyl (C=O) groups is 2. The van der Waals surface area contributed by atoms with Gasteiger partial charge in [0.1, 0.15) is 17.6 Å². The summed E-state index contributed by atoms with van der Waals surface area (Å²) in [5.41, 5.74) is 4.95. The number of nitrogens with two attached hydrogens (primary N) is 1. The molecule has 10 heteroatoms. The fourth-order valence-corrected chi connectivity index (χ4v) is 5.21. The van der Waals surface area contributed by atoms with Gasteiger partial charge in [-0.25, -0.2) is 0 Å². The van der Waals surface area contributed by atoms with Crippen LogP contribution >= 0.6 is 0 Å². The second-order valence-electron chi connectivity index (χ2n) is 9.59. The molecule has 0 aromatic heterocycles. The first kappa shape index (κ1) is 23.9. The molecule has 186 valence electrons. The van der Waals surface area contributed by atoms with E-state index in [0.717, 1.165) is 0 Å². The van der Waals surface area contributed by atoms with Crippen molar-refractivity contribution in [1.82, 2.24) is 0 Å². The molecule has 2 aliphatic carbocycles. The highest BCUT2D eigenvalue weighted by Crippen LogP contribution is 2.51. The standard InChI is InChI=1S/C25H27NO9/c1-10(27)25(26)7-13-18(16(8-25)35-17-6-14(28)15(29)9-34-17)24(33)20-19(23(13)32)21(30)11-4-2-3-5-12(11)22(20)31/h2-5,10,14-17,27-29,32-33H,6-9,26H2,1H3/t10-,14-,15-,16?,17+,25+/m1/s1. The van der Waals surface area contributed by atoms with Gasteiger partial charge in [0.2, 0.25) is 0 Å². The summed E-state index contributed by atoms with van der Waals surface area (Å²) in [6.07, 6.45) is -5.45. The Labute approximate surface area is 200 Å². The predicted molar refractivity (Wildman–Crippen MR) is 120 cm³/mol. The van der Waals surface area contributed by atoms with Crippen LogP contribution in [0.3, 0.4) is 0 Å². The molecule has 1 saturated heterocycles. The first-order valence-corrected chi connectivity index (χ1v) is 11.4. The number of ketones is 2. The third-order valence-corrected chi connectivity index (χ3v) is 7.33. The highest BCUT2D eigenvalue weighted by molar-refractivity contribution is 6.30. The zero-order valence-electron chi connectivity index (χ0n) is 19.0. The first-order valence-electron chi connectivity index (χ1n) is 11.4. The van der Waals surface area contributed by atoms with Gasteiger partial charge in [0, 0.05) is 34.2 Å². The molecule has 0 bridgehead atoms. The van der Waals surface area contributed by atoms with Crippen LogP contribution in [0.1, 0.15) is 68.8 Å². The number of hydrogen-bond acceptors (Lipinski definition) is 10. The minimum atomic E-state index is -1.30. The van der Waals surface area contributed by atoms with Gasteiger partial charge in [-0.2, -0.15) is 0 Å². The highest BCUT2D eigenvalue weighted by Gasteiger charge is 2.47. The fourth-order valence-electron chi connectivity index (χ4n) is 5.21. The molecular weight excluding hydrogens is 458 g/mol. The van der Waals surface area contributed by atoms with Crippen molar-refractivity contribution < 1.29 is 44.6 Å². The second kappa shape index (κ2) is 8.37. The molecule has 2 aromatic carbocycles. The number of phenols is 2. The van der Waals surface area contributed by atoms with Crippen molar-refractivity contribution in [1.29, 1.82) is 0 Å². The van der Waals surface area contributed by atoms with E-state index in [1.807, 2.05) is 0 Å². The highest BCUT2D eigenvalue weighted by atomic mass is 16.7. The summed E-state index contributed by atoms with van der Waals surface area (Å²) in [5, 5.41) is 52.8. The van der Waals surface area contributed by atoms with E-state index in [-0.39, 0.29) is 59.3 Å². The van der Waals surface area contributed by atoms with Crippen molar-refractivity contribution >= 4 is 11.6 Å². The zero-order chi connectivity index (χ0) is 25.2. The van der Waals surface area contributed by atoms with Crippen LogP contribution in [-0.4, -0.2) is 73.8 Å². The van der Waals surface area contributed by atoms with Crippen LogP contribution in [0.15, 0.2) is 24.3 Å². The lowest BCUT2D eigenvalue weighted by Gasteiger charge is -2.43. The summed E-state index contributed by atoms with van der Waals surface area (Å²) in [4.78, 5) is 26.6. The average Bonchev–Trinajstić information content (AvgIpc) is 2.82. The van der Waals surface area contributed by atoms with E-state index in [1.165, 1.54) is 19.1 Å². The maximum absolute atomic E-state index is 13.3. The quantitative estimate of drug-likeness (QED) is 0.285. The molecule has 1 unspecified atom stereocenters. The van der Waals surface area contributed by atoms with Crippen LogP contribution in [0.2, 0.25) is 0 Å². The molecule has 1 aliphatic heterocycles. The third-order valence-electron chi connectivity index (χ3n) is 7.33. The first-order chi connectivity index (χ1) is 16.5. The molecular formula is C25H27NO9. The summed E-state index contributed by atoms with van der Waals surface area (Å²) < 4.78 is 11.5. The van der Waals surface area contributed by atoms with E-state index in [0.29, 0.717) is 0 Å². The van der Waals surface area contributed by atoms with Gasteiger partial charge in [-0.15, -0.1) is 0 Å². The van der Waals surface area contributed by atoms with Crippen LogP contribution in [0.5, 0.6) is 11.5 Å². The van der Waals surface area contributed by atoms with Gasteiger partial charge in [-0.3, -0.25) is 9.59 Å². The minimum Gasteiger partial charge on any atom is -0.507 e. The molecule has 7 N–H and O–H groups in total. The number of hydrogen-bond donors (Lipinski definition) is 6. The van der Waals surface area contributed by atoms with Gasteiger partial charge >= 0.3 is 0 Å². The number of carbonyl (C=O) groups excluding carboxylic acids is 2. The number of aromatic hydroxyl groups is 2. The lowest BCUT2D eigenvalue weighted by molar-refractivity contribution is -0.239. The van der Waals surface area contributed by atoms with E-state index >= 15 is 0 Å². The summed E-state index contributed by atoms with van der Waals surface area (Å²) in [5.74, 6) is -2.22. The smallest absolute Gasteiger partial charge is 0.198 e. The molecule has 10 nitrogen and oxygen atoms in total. The molecule has 0 spiro atoms. The molecule has 1 fully saturated rings. The van der Waals surface area contributed by atoms with Crippen molar-refractivity contribution in [2.24, 2.45) is 5.73 Å². The van der Waals surface area contributed by atoms with Crippen molar-refractivity contribution in [3.8, 4) is 11.5 Å². The van der Waals surface area contributed by atoms with Gasteiger partial charge in [0.25, 0.3) is 0 Å². The number of phenolic OH excluding ortho intramolecular Hbond substituents is 2. The Morgan fingerprint density at radius 1 is 1.06 bits per heavy atom. The van der Waals surface area contributed by atoms with E-state index in [9.17, 15) is 35.1 Å². The van der Waals surface area contributed by atoms with Gasteiger partial charge in [-0.1, -0.05) is 24.3 Å². The number of aliphatic hydroxyl groups excluding tert-OH is 3. The predicted octanol–water partition coefficient (Wildman–Crippen LogP) is 0.424. The SMILES string of the molecule is C[C@@H](O)[C@]1(N)Cc2c(O)c3c(c(O)c2C(O[C@H]2C[C@@H](O)[C@H](O)CO2)C1)C(=O)c1ccccc1C3=O. The molecule has 6 atom stereocenters. The summed E-state index contributed by atoms with van der Waals surface area (Å²) in [6, 6.07) is 6.15. The zero-order valence-corrected chi connectivity index (χ0v) is 19.0. The normalized spacial score (nSPS) is 30.9. The molecule has 2 aromatic rings. The van der Waals surface area contributed by atoms with Crippen LogP contribution < -0.4 is 5.73 Å². The molecule has 0 radical (unpaired) electrons. The van der Waals surface area contributed by atoms with E-state index in [4.69, 9.17) is 15.2 Å². The summed E-state index contributed by atoms with van der Waals surface area (Å²) >= 11 is 0. The number of aliphatic hydroxyl groups is 3. The third kappa shape index (κ3) is 3.65. The van der Waals surface area contributed by atoms with E-state index < -0.39 is 59.3 Å². The Balaban J connectivity index is 1.66. The number of ether oxygens (including phenoxy) is 2. The van der Waals surface area contributed by atoms with Crippen molar-refractivity contribution in [3.05, 3.63) is 57.6 Å². The van der Waals surface area contributed by atoms with Gasteiger partial charge in [-0.05, 0) is 19.8 Å². The van der Waals surface area contributed by atoms with Gasteiger partial charge in [0.15, 0.2) is 17.9 Å². The Morgan fingerprint density at radius 2 is 1.66 bits per heavy atom. The van der Waals surface area contributed by atoms with Gasteiger partial charge in [0.05, 0.1) is 36.0 Å². The van der Waals surface area contributed by atoms with Gasteiger partial charge < -0.3 is 40.7 Å². The van der Waals surface area contributed by atoms with Crippen LogP contribution in [-0.2, 0) is 15.9 Å². The van der Waals surface area contributed by atoms with Crippen molar-refractivity contribution in [3.63, 3.8) is 0 Å². The average molecular weight is 485 g/mol. The molecule has 0 amide bonds.